The molecular formula is C19H21N3O4S. The van der Waals surface area contributed by atoms with E-state index in [0.717, 1.165) is 5.56 Å². The number of hydrogen-bond acceptors (Lipinski definition) is 6. The van der Waals surface area contributed by atoms with Crippen LogP contribution < -0.4 is 15.6 Å². The molecule has 2 heterocycles. The quantitative estimate of drug-likeness (QED) is 0.623. The molecule has 3 N–H and O–H groups in total. The number of thiophene rings is 1. The van der Waals surface area contributed by atoms with Crippen LogP contribution in [0.5, 0.6) is 11.5 Å². The highest BCUT2D eigenvalue weighted by Gasteiger charge is 2.21. The van der Waals surface area contributed by atoms with Gasteiger partial charge in [0.2, 0.25) is 5.75 Å². The number of benzene rings is 1. The van der Waals surface area contributed by atoms with Crippen LogP contribution in [0.1, 0.15) is 36.4 Å². The van der Waals surface area contributed by atoms with Gasteiger partial charge in [-0.25, -0.2) is 4.98 Å². The molecule has 27 heavy (non-hydrogen) atoms. The summed E-state index contributed by atoms with van der Waals surface area (Å²) in [7, 11) is 1.56. The molecule has 0 saturated carbocycles. The van der Waals surface area contributed by atoms with Crippen molar-refractivity contribution >= 4 is 17.2 Å². The molecule has 0 unspecified atom stereocenters. The number of nitrogens with zero attached hydrogens (tertiary/aromatic N) is 1. The van der Waals surface area contributed by atoms with Crippen LogP contribution in [0.15, 0.2) is 46.6 Å². The average Bonchev–Trinajstić information content (AvgIpc) is 3.18. The second-order valence-electron chi connectivity index (χ2n) is 5.56. The van der Waals surface area contributed by atoms with E-state index in [1.54, 1.807) is 38.3 Å². The van der Waals surface area contributed by atoms with E-state index in [0.29, 0.717) is 10.6 Å². The largest absolute Gasteiger partial charge is 0.501 e. The standard InChI is InChI=1S/C18H17N3O4S.CH4/c1-10(11-5-3-6-12(9-11)25-2)19-17(23)14-15(22)18(24)21-16(20-14)13-7-4-8-26-13;/h3-10,22H,1-2H3,(H,19,23)(H,20,21,24);1H4/t10-;/m0./s1. The van der Waals surface area contributed by atoms with Crippen LogP contribution in [0.2, 0.25) is 0 Å². The lowest BCUT2D eigenvalue weighted by molar-refractivity contribution is 0.0931. The van der Waals surface area contributed by atoms with Gasteiger partial charge in [-0.2, -0.15) is 0 Å². The fourth-order valence-corrected chi connectivity index (χ4v) is 3.08. The van der Waals surface area contributed by atoms with Gasteiger partial charge in [-0.1, -0.05) is 25.6 Å². The van der Waals surface area contributed by atoms with Gasteiger partial charge in [0.25, 0.3) is 11.5 Å². The first kappa shape index (κ1) is 20.2. The number of carbonyl (C=O) groups is 1. The molecule has 7 nitrogen and oxygen atoms in total. The number of rotatable bonds is 5. The number of methoxy groups -OCH3 is 1. The highest BCUT2D eigenvalue weighted by atomic mass is 32.1. The third kappa shape index (κ3) is 4.35. The molecule has 0 aliphatic heterocycles. The first-order valence-corrected chi connectivity index (χ1v) is 8.69. The second-order valence-corrected chi connectivity index (χ2v) is 6.51. The second kappa shape index (κ2) is 8.50. The Kier molecular flexibility index (Phi) is 6.36. The molecule has 0 spiro atoms. The lowest BCUT2D eigenvalue weighted by Crippen LogP contribution is -2.29. The van der Waals surface area contributed by atoms with Gasteiger partial charge in [0.05, 0.1) is 18.0 Å². The summed E-state index contributed by atoms with van der Waals surface area (Å²) in [5.74, 6) is -0.440. The van der Waals surface area contributed by atoms with Crippen molar-refractivity contribution in [2.75, 3.05) is 7.11 Å². The number of nitrogens with one attached hydrogen (secondary N) is 2. The van der Waals surface area contributed by atoms with Crippen LogP contribution in [-0.4, -0.2) is 28.1 Å². The number of aromatic amines is 1. The first-order chi connectivity index (χ1) is 12.5. The Labute approximate surface area is 160 Å². The third-order valence-electron chi connectivity index (χ3n) is 3.81. The zero-order valence-electron chi connectivity index (χ0n) is 14.1. The Bertz CT molecular complexity index is 983. The van der Waals surface area contributed by atoms with Crippen molar-refractivity contribution in [2.24, 2.45) is 0 Å². The molecule has 2 aromatic heterocycles. The summed E-state index contributed by atoms with van der Waals surface area (Å²) >= 11 is 1.37. The first-order valence-electron chi connectivity index (χ1n) is 7.81. The minimum atomic E-state index is -0.761. The molecule has 0 saturated heterocycles. The average molecular weight is 387 g/mol. The molecule has 142 valence electrons. The van der Waals surface area contributed by atoms with Crippen LogP contribution in [0, 0.1) is 0 Å². The van der Waals surface area contributed by atoms with Gasteiger partial charge in [-0.3, -0.25) is 9.59 Å². The van der Waals surface area contributed by atoms with E-state index < -0.39 is 17.2 Å². The maximum atomic E-state index is 12.6. The van der Waals surface area contributed by atoms with E-state index in [1.165, 1.54) is 11.3 Å². The molecule has 0 bridgehead atoms. The number of hydrogen-bond donors (Lipinski definition) is 3. The van der Waals surface area contributed by atoms with Gasteiger partial charge >= 0.3 is 0 Å². The van der Waals surface area contributed by atoms with Crippen LogP contribution in [0.4, 0.5) is 0 Å². The Hall–Kier alpha value is -3.13. The molecule has 1 amide bonds. The minimum absolute atomic E-state index is 0. The Morgan fingerprint density at radius 3 is 2.78 bits per heavy atom. The summed E-state index contributed by atoms with van der Waals surface area (Å²) in [4.78, 5) is 31.8. The SMILES string of the molecule is C.COc1cccc([C@H](C)NC(=O)c2nc(-c3cccs3)[nH]c(=O)c2O)c1. The van der Waals surface area contributed by atoms with Gasteiger partial charge in [-0.05, 0) is 36.1 Å². The predicted octanol–water partition coefficient (Wildman–Crippen LogP) is 3.34. The number of H-pyrrole nitrogens is 1. The molecule has 1 atom stereocenters. The Morgan fingerprint density at radius 2 is 2.11 bits per heavy atom. The predicted molar refractivity (Wildman–Crippen MR) is 105 cm³/mol. The number of ether oxygens (including phenoxy) is 1. The fourth-order valence-electron chi connectivity index (χ4n) is 2.41. The zero-order valence-corrected chi connectivity index (χ0v) is 15.0. The number of aromatic hydroxyl groups is 1. The lowest BCUT2D eigenvalue weighted by atomic mass is 10.1. The molecule has 3 aromatic rings. The molecule has 0 radical (unpaired) electrons. The van der Waals surface area contributed by atoms with Crippen molar-refractivity contribution < 1.29 is 14.6 Å². The molecule has 8 heteroatoms. The lowest BCUT2D eigenvalue weighted by Gasteiger charge is -2.15. The van der Waals surface area contributed by atoms with Crippen molar-refractivity contribution in [1.29, 1.82) is 0 Å². The van der Waals surface area contributed by atoms with Gasteiger partial charge in [0.1, 0.15) is 5.75 Å². The summed E-state index contributed by atoms with van der Waals surface area (Å²) in [6.07, 6.45) is 0. The topological polar surface area (TPSA) is 104 Å². The molecule has 3 rings (SSSR count). The van der Waals surface area contributed by atoms with Crippen molar-refractivity contribution in [2.45, 2.75) is 20.4 Å². The molecule has 1 aromatic carbocycles. The monoisotopic (exact) mass is 387 g/mol. The molecule has 0 aliphatic rings. The van der Waals surface area contributed by atoms with Crippen molar-refractivity contribution in [3.05, 3.63) is 63.4 Å². The minimum Gasteiger partial charge on any atom is -0.501 e. The highest BCUT2D eigenvalue weighted by molar-refractivity contribution is 7.13. The van der Waals surface area contributed by atoms with E-state index in [1.807, 2.05) is 17.5 Å². The summed E-state index contributed by atoms with van der Waals surface area (Å²) in [5.41, 5.74) is -0.255. The van der Waals surface area contributed by atoms with Gasteiger partial charge in [0, 0.05) is 0 Å². The third-order valence-corrected chi connectivity index (χ3v) is 4.68. The van der Waals surface area contributed by atoms with E-state index in [9.17, 15) is 14.7 Å². The van der Waals surface area contributed by atoms with E-state index in [-0.39, 0.29) is 25.0 Å². The molecule has 0 aliphatic carbocycles. The maximum absolute atomic E-state index is 12.6. The molecule has 0 fully saturated rings. The van der Waals surface area contributed by atoms with Gasteiger partial charge < -0.3 is 20.1 Å². The normalized spacial score (nSPS) is 11.3. The number of amides is 1. The van der Waals surface area contributed by atoms with Crippen LogP contribution in [-0.2, 0) is 0 Å². The van der Waals surface area contributed by atoms with E-state index in [4.69, 9.17) is 4.74 Å². The summed E-state index contributed by atoms with van der Waals surface area (Å²) in [5, 5.41) is 14.5. The van der Waals surface area contributed by atoms with E-state index >= 15 is 0 Å². The van der Waals surface area contributed by atoms with Crippen molar-refractivity contribution in [1.82, 2.24) is 15.3 Å². The highest BCUT2D eigenvalue weighted by Crippen LogP contribution is 2.23. The van der Waals surface area contributed by atoms with Crippen LogP contribution in [0.3, 0.4) is 0 Å². The van der Waals surface area contributed by atoms with Crippen molar-refractivity contribution in [3.63, 3.8) is 0 Å². The number of carbonyl (C=O) groups excluding carboxylic acids is 1. The number of aromatic nitrogens is 2. The summed E-state index contributed by atoms with van der Waals surface area (Å²) in [6, 6.07) is 10.5. The van der Waals surface area contributed by atoms with Gasteiger partial charge in [0.15, 0.2) is 11.5 Å². The summed E-state index contributed by atoms with van der Waals surface area (Å²) < 4.78 is 5.18. The van der Waals surface area contributed by atoms with Gasteiger partial charge in [-0.15, -0.1) is 11.3 Å². The Morgan fingerprint density at radius 1 is 1.33 bits per heavy atom. The van der Waals surface area contributed by atoms with Crippen molar-refractivity contribution in [3.8, 4) is 22.2 Å². The summed E-state index contributed by atoms with van der Waals surface area (Å²) in [6.45, 7) is 1.79. The van der Waals surface area contributed by atoms with E-state index in [2.05, 4.69) is 15.3 Å². The maximum Gasteiger partial charge on any atom is 0.294 e. The Balaban J connectivity index is 0.00000261. The van der Waals surface area contributed by atoms with Crippen LogP contribution in [0.25, 0.3) is 10.7 Å². The zero-order chi connectivity index (χ0) is 18.7. The van der Waals surface area contributed by atoms with Crippen LogP contribution >= 0.6 is 11.3 Å². The fraction of sp³-hybridized carbons (Fsp3) is 0.211. The smallest absolute Gasteiger partial charge is 0.294 e. The molecular weight excluding hydrogens is 366 g/mol.